The highest BCUT2D eigenvalue weighted by Crippen LogP contribution is 2.32. The van der Waals surface area contributed by atoms with Gasteiger partial charge in [0.15, 0.2) is 0 Å². The number of aliphatic hydroxyl groups is 1. The van der Waals surface area contributed by atoms with Crippen LogP contribution in [0.5, 0.6) is 0 Å². The Morgan fingerprint density at radius 3 is 1.29 bits per heavy atom. The van der Waals surface area contributed by atoms with E-state index in [0.717, 1.165) is 0 Å². The number of ether oxygens (including phenoxy) is 7. The maximum Gasteiger partial charge on any atom is 0.490 e. The van der Waals surface area contributed by atoms with E-state index in [4.69, 9.17) is 63.9 Å². The maximum atomic E-state index is 12.1. The summed E-state index contributed by atoms with van der Waals surface area (Å²) in [7, 11) is -12.2. The zero-order valence-electron chi connectivity index (χ0n) is 28.7. The van der Waals surface area contributed by atoms with Crippen LogP contribution in [0.1, 0.15) is 32.1 Å². The molecule has 0 spiro atoms. The average molecular weight is 767 g/mol. The maximum absolute atomic E-state index is 12.1. The molecular weight excluding hydrogens is 709 g/mol. The highest BCUT2D eigenvalue weighted by Gasteiger charge is 2.59. The van der Waals surface area contributed by atoms with Crippen LogP contribution in [0.25, 0.3) is 0 Å². The first kappa shape index (κ1) is 42.6. The van der Waals surface area contributed by atoms with Crippen molar-refractivity contribution in [2.75, 3.05) is 101 Å². The van der Waals surface area contributed by atoms with Gasteiger partial charge in [0.2, 0.25) is 0 Å². The Morgan fingerprint density at radius 2 is 0.875 bits per heavy atom. The summed E-state index contributed by atoms with van der Waals surface area (Å²) >= 11 is 0. The molecule has 3 fully saturated rings. The normalized spacial score (nSPS) is 25.2. The highest BCUT2D eigenvalue weighted by molar-refractivity contribution is 6.83. The van der Waals surface area contributed by atoms with Crippen molar-refractivity contribution in [3.05, 3.63) is 0 Å². The van der Waals surface area contributed by atoms with Crippen molar-refractivity contribution in [2.24, 2.45) is 0 Å². The zero-order valence-corrected chi connectivity index (χ0v) is 32.7. The molecule has 284 valence electrons. The number of rotatable bonds is 34. The molecule has 48 heavy (non-hydrogen) atoms. The van der Waals surface area contributed by atoms with Gasteiger partial charge < -0.3 is 78.3 Å². The molecule has 7 unspecified atom stereocenters. The van der Waals surface area contributed by atoms with Crippen LogP contribution in [-0.2, 0) is 58.8 Å². The van der Waals surface area contributed by atoms with E-state index in [2.05, 4.69) is 0 Å². The Hall–Kier alpha value is 0.188. The molecule has 3 heterocycles. The highest BCUT2D eigenvalue weighted by atomic mass is 28.5. The molecule has 0 amide bonds. The van der Waals surface area contributed by atoms with Crippen LogP contribution < -0.4 is 0 Å². The topological polar surface area (TPSA) is 211 Å². The first-order valence-corrected chi connectivity index (χ1v) is 24.6. The number of aliphatic hydroxyl groups excluding tert-OH is 1. The summed E-state index contributed by atoms with van der Waals surface area (Å²) < 4.78 is 74.0. The molecule has 21 heteroatoms. The van der Waals surface area contributed by atoms with Gasteiger partial charge in [0.25, 0.3) is 0 Å². The summed E-state index contributed by atoms with van der Waals surface area (Å²) in [6, 6.07) is 0.379. The molecule has 0 aromatic carbocycles. The summed E-state index contributed by atoms with van der Waals surface area (Å²) in [4.78, 5) is 35.2. The second-order valence-corrected chi connectivity index (χ2v) is 23.3. The van der Waals surface area contributed by atoms with Gasteiger partial charge in [-0.25, -0.2) is 0 Å². The molecule has 0 aromatic rings. The van der Waals surface area contributed by atoms with E-state index in [1.165, 1.54) is 21.3 Å². The second kappa shape index (κ2) is 22.3. The molecule has 3 rings (SSSR count). The average Bonchev–Trinajstić information content (AvgIpc) is 3.91. The molecular formula is C27H58O17Si4. The molecule has 0 saturated carbocycles. The Balaban J connectivity index is 1.72. The van der Waals surface area contributed by atoms with Gasteiger partial charge in [-0.2, -0.15) is 0 Å². The third-order valence-corrected chi connectivity index (χ3v) is 21.0. The lowest BCUT2D eigenvalue weighted by atomic mass is 10.5. The van der Waals surface area contributed by atoms with Gasteiger partial charge in [0, 0.05) is 85.1 Å². The number of hydrogen-bond donors (Lipinski definition) is 4. The van der Waals surface area contributed by atoms with Crippen molar-refractivity contribution in [3.63, 3.8) is 0 Å². The van der Waals surface area contributed by atoms with Gasteiger partial charge in [-0.15, -0.1) is 0 Å². The predicted octanol–water partition coefficient (Wildman–Crippen LogP) is -0.0865. The van der Waals surface area contributed by atoms with Crippen LogP contribution in [0, 0.1) is 0 Å². The fourth-order valence-corrected chi connectivity index (χ4v) is 18.3. The van der Waals surface area contributed by atoms with Gasteiger partial charge in [0.1, 0.15) is 18.3 Å². The van der Waals surface area contributed by atoms with Crippen molar-refractivity contribution in [2.45, 2.75) is 74.6 Å². The van der Waals surface area contributed by atoms with Crippen molar-refractivity contribution in [1.82, 2.24) is 0 Å². The Morgan fingerprint density at radius 1 is 0.500 bits per heavy atom. The monoisotopic (exact) mass is 766 g/mol. The van der Waals surface area contributed by atoms with E-state index in [9.17, 15) is 14.4 Å². The summed E-state index contributed by atoms with van der Waals surface area (Å²) in [6.45, 7) is 5.07. The molecule has 3 aliphatic rings. The molecule has 4 N–H and O–H groups in total. The molecule has 0 aliphatic carbocycles. The fraction of sp³-hybridized carbons (Fsp3) is 1.00. The zero-order chi connectivity index (χ0) is 34.8. The third kappa shape index (κ3) is 18.1. The first-order valence-electron chi connectivity index (χ1n) is 16.8. The quantitative estimate of drug-likeness (QED) is 0.0383. The number of epoxide rings is 3. The summed E-state index contributed by atoms with van der Waals surface area (Å²) in [5.41, 5.74) is 0. The lowest BCUT2D eigenvalue weighted by molar-refractivity contribution is 0.0695. The smallest absolute Gasteiger partial charge is 0.396 e. The van der Waals surface area contributed by atoms with Crippen molar-refractivity contribution in [1.29, 1.82) is 0 Å². The molecule has 3 aliphatic heterocycles. The molecule has 7 atom stereocenters. The fourth-order valence-electron chi connectivity index (χ4n) is 4.55. The van der Waals surface area contributed by atoms with Gasteiger partial charge >= 0.3 is 35.2 Å². The van der Waals surface area contributed by atoms with Crippen LogP contribution in [0.2, 0.25) is 24.2 Å². The van der Waals surface area contributed by atoms with Gasteiger partial charge in [-0.3, -0.25) is 0 Å². The lowest BCUT2D eigenvalue weighted by Gasteiger charge is -2.40. The van der Waals surface area contributed by atoms with Gasteiger partial charge in [-0.1, -0.05) is 0 Å². The SMILES string of the molecule is CO[Si](O)(CCCOCC1CO1)O[Si](O)(CCCOCC1CO1)O[Si](CCCOCC1CO1)(OC)O[Si](O)(CCCOCCCO)OC. The summed E-state index contributed by atoms with van der Waals surface area (Å²) in [5.74, 6) is 0. The van der Waals surface area contributed by atoms with Crippen molar-refractivity contribution >= 4 is 35.2 Å². The van der Waals surface area contributed by atoms with E-state index < -0.39 is 35.2 Å². The first-order chi connectivity index (χ1) is 23.1. The second-order valence-electron chi connectivity index (χ2n) is 11.9. The van der Waals surface area contributed by atoms with Crippen LogP contribution >= 0.6 is 0 Å². The van der Waals surface area contributed by atoms with Crippen molar-refractivity contribution < 1.29 is 78.3 Å². The van der Waals surface area contributed by atoms with Crippen LogP contribution in [-0.4, -0.2) is 174 Å². The Kier molecular flexibility index (Phi) is 19.8. The molecule has 0 bridgehead atoms. The molecule has 17 nitrogen and oxygen atoms in total. The summed E-state index contributed by atoms with van der Waals surface area (Å²) in [6.07, 6.45) is 2.38. The van der Waals surface area contributed by atoms with E-state index in [0.29, 0.717) is 105 Å². The molecule has 3 saturated heterocycles. The van der Waals surface area contributed by atoms with E-state index in [-0.39, 0.29) is 49.1 Å². The Labute approximate surface area is 288 Å². The van der Waals surface area contributed by atoms with E-state index >= 15 is 0 Å². The standard InChI is InChI=1S/C27H58O17Si4/c1-32-45(29,15-6-12-36-19-25-22-39-25)42-47(31,17-7-13-37-20-26-23-40-26)44-48(34-3,18-8-14-38-21-27-24-41-27)43-46(30,33-2)16-5-11-35-10-4-9-28/h25-31H,4-24H2,1-3H3. The van der Waals surface area contributed by atoms with Crippen LogP contribution in [0.4, 0.5) is 0 Å². The van der Waals surface area contributed by atoms with Crippen LogP contribution in [0.15, 0.2) is 0 Å². The minimum atomic E-state index is -4.37. The van der Waals surface area contributed by atoms with Crippen LogP contribution in [0.3, 0.4) is 0 Å². The molecule has 0 radical (unpaired) electrons. The van der Waals surface area contributed by atoms with E-state index in [1.807, 2.05) is 0 Å². The van der Waals surface area contributed by atoms with Gasteiger partial charge in [-0.05, 0) is 32.1 Å². The van der Waals surface area contributed by atoms with Gasteiger partial charge in [0.05, 0.1) is 39.6 Å². The van der Waals surface area contributed by atoms with E-state index in [1.54, 1.807) is 0 Å². The third-order valence-electron chi connectivity index (χ3n) is 7.58. The minimum absolute atomic E-state index is 0.00460. The Bertz CT molecular complexity index is 863. The van der Waals surface area contributed by atoms with Crippen molar-refractivity contribution in [3.8, 4) is 0 Å². The molecule has 0 aromatic heterocycles. The largest absolute Gasteiger partial charge is 0.490 e. The minimum Gasteiger partial charge on any atom is -0.396 e. The lowest BCUT2D eigenvalue weighted by Crippen LogP contribution is -2.65. The predicted molar refractivity (Wildman–Crippen MR) is 176 cm³/mol. The summed E-state index contributed by atoms with van der Waals surface area (Å²) in [5, 5.41) is 8.99. The number of hydrogen-bond acceptors (Lipinski definition) is 17.